The molecule has 1 aliphatic rings. The van der Waals surface area contributed by atoms with Crippen LogP contribution in [0.4, 0.5) is 5.69 Å². The predicted molar refractivity (Wildman–Crippen MR) is 72.7 cm³/mol. The van der Waals surface area contributed by atoms with Crippen LogP contribution in [-0.2, 0) is 0 Å². The van der Waals surface area contributed by atoms with Gasteiger partial charge in [0.05, 0.1) is 11.5 Å². The van der Waals surface area contributed by atoms with E-state index in [4.69, 9.17) is 10.5 Å². The summed E-state index contributed by atoms with van der Waals surface area (Å²) in [6, 6.07) is 4.00. The second-order valence-electron chi connectivity index (χ2n) is 4.80. The maximum absolute atomic E-state index is 11.0. The predicted octanol–water partition coefficient (Wildman–Crippen LogP) is 1.07. The molecular formula is C13H17N3O4. The Labute approximate surface area is 116 Å². The number of carbonyl (C=O) groups excluding carboxylic acids is 1. The molecule has 1 aromatic carbocycles. The smallest absolute Gasteiger partial charge is 0.311 e. The van der Waals surface area contributed by atoms with Crippen molar-refractivity contribution in [3.05, 3.63) is 33.9 Å². The Bertz CT molecular complexity index is 512. The van der Waals surface area contributed by atoms with Crippen molar-refractivity contribution in [3.8, 4) is 5.75 Å². The molecule has 2 rings (SSSR count). The van der Waals surface area contributed by atoms with E-state index in [1.165, 1.54) is 12.1 Å². The fraction of sp³-hybridized carbons (Fsp3) is 0.462. The molecule has 1 atom stereocenters. The first kappa shape index (κ1) is 14.3. The van der Waals surface area contributed by atoms with Gasteiger partial charge in [-0.05, 0) is 44.0 Å². The van der Waals surface area contributed by atoms with E-state index in [2.05, 4.69) is 5.32 Å². The molecule has 20 heavy (non-hydrogen) atoms. The lowest BCUT2D eigenvalue weighted by molar-refractivity contribution is -0.385. The number of nitrogens with zero attached hydrogens (tertiary/aromatic N) is 1. The van der Waals surface area contributed by atoms with Crippen LogP contribution in [0.15, 0.2) is 18.2 Å². The van der Waals surface area contributed by atoms with Gasteiger partial charge in [-0.15, -0.1) is 0 Å². The van der Waals surface area contributed by atoms with Crippen LogP contribution in [0.2, 0.25) is 0 Å². The topological polar surface area (TPSA) is 107 Å². The molecule has 0 aliphatic carbocycles. The number of primary amides is 1. The van der Waals surface area contributed by atoms with Gasteiger partial charge in [0.1, 0.15) is 0 Å². The first-order chi connectivity index (χ1) is 9.58. The molecule has 0 radical (unpaired) electrons. The van der Waals surface area contributed by atoms with Gasteiger partial charge in [-0.2, -0.15) is 0 Å². The summed E-state index contributed by atoms with van der Waals surface area (Å²) in [6.45, 7) is 2.40. The third-order valence-electron chi connectivity index (χ3n) is 3.39. The number of nitro groups is 1. The highest BCUT2D eigenvalue weighted by atomic mass is 16.6. The minimum atomic E-state index is -0.698. The van der Waals surface area contributed by atoms with E-state index in [9.17, 15) is 14.9 Å². The van der Waals surface area contributed by atoms with Crippen LogP contribution in [0.5, 0.6) is 5.75 Å². The number of rotatable bonds is 6. The maximum atomic E-state index is 11.0. The molecule has 108 valence electrons. The van der Waals surface area contributed by atoms with Gasteiger partial charge in [0.2, 0.25) is 5.91 Å². The molecule has 1 aromatic rings. The van der Waals surface area contributed by atoms with Gasteiger partial charge < -0.3 is 15.8 Å². The number of nitrogens with two attached hydrogens (primary N) is 1. The maximum Gasteiger partial charge on any atom is 0.311 e. The van der Waals surface area contributed by atoms with Gasteiger partial charge >= 0.3 is 5.69 Å². The Balaban J connectivity index is 2.02. The minimum absolute atomic E-state index is 0.101. The first-order valence-corrected chi connectivity index (χ1v) is 6.49. The number of nitro benzene ring substituents is 1. The van der Waals surface area contributed by atoms with Gasteiger partial charge in [-0.3, -0.25) is 14.9 Å². The van der Waals surface area contributed by atoms with Crippen LogP contribution in [0.25, 0.3) is 0 Å². The zero-order valence-corrected chi connectivity index (χ0v) is 11.0. The first-order valence-electron chi connectivity index (χ1n) is 6.49. The SMILES string of the molecule is NC(=O)c1ccc(OCCC2CCNC2)c([N+](=O)[O-])c1. The van der Waals surface area contributed by atoms with Gasteiger partial charge in [-0.1, -0.05) is 0 Å². The highest BCUT2D eigenvalue weighted by molar-refractivity contribution is 5.93. The van der Waals surface area contributed by atoms with Crippen molar-refractivity contribution < 1.29 is 14.5 Å². The Morgan fingerprint density at radius 1 is 1.55 bits per heavy atom. The van der Waals surface area contributed by atoms with Gasteiger partial charge in [0.25, 0.3) is 0 Å². The van der Waals surface area contributed by atoms with Gasteiger partial charge in [-0.25, -0.2) is 0 Å². The van der Waals surface area contributed by atoms with E-state index >= 15 is 0 Å². The second-order valence-corrected chi connectivity index (χ2v) is 4.80. The van der Waals surface area contributed by atoms with Crippen LogP contribution in [0.3, 0.4) is 0 Å². The average Bonchev–Trinajstić information content (AvgIpc) is 2.91. The van der Waals surface area contributed by atoms with Crippen molar-refractivity contribution in [3.63, 3.8) is 0 Å². The molecule has 1 amide bonds. The van der Waals surface area contributed by atoms with Crippen molar-refractivity contribution in [2.24, 2.45) is 11.7 Å². The van der Waals surface area contributed by atoms with Crippen LogP contribution in [-0.4, -0.2) is 30.5 Å². The van der Waals surface area contributed by atoms with Crippen LogP contribution in [0, 0.1) is 16.0 Å². The highest BCUT2D eigenvalue weighted by Crippen LogP contribution is 2.28. The van der Waals surface area contributed by atoms with E-state index in [1.54, 1.807) is 0 Å². The molecule has 1 fully saturated rings. The second kappa shape index (κ2) is 6.33. The molecule has 1 heterocycles. The summed E-state index contributed by atoms with van der Waals surface area (Å²) in [4.78, 5) is 21.4. The lowest BCUT2D eigenvalue weighted by Gasteiger charge is -2.10. The van der Waals surface area contributed by atoms with E-state index < -0.39 is 10.8 Å². The van der Waals surface area contributed by atoms with Crippen molar-refractivity contribution in [1.82, 2.24) is 5.32 Å². The molecular weight excluding hydrogens is 262 g/mol. The molecule has 0 saturated carbocycles. The third kappa shape index (κ3) is 3.45. The largest absolute Gasteiger partial charge is 0.487 e. The van der Waals surface area contributed by atoms with Crippen molar-refractivity contribution in [2.75, 3.05) is 19.7 Å². The Kier molecular flexibility index (Phi) is 4.52. The van der Waals surface area contributed by atoms with E-state index in [1.807, 2.05) is 0 Å². The Morgan fingerprint density at radius 2 is 2.35 bits per heavy atom. The standard InChI is InChI=1S/C13H17N3O4/c14-13(17)10-1-2-12(11(7-10)16(18)19)20-6-4-9-3-5-15-8-9/h1-2,7,9,15H,3-6,8H2,(H2,14,17). The molecule has 1 saturated heterocycles. The van der Waals surface area contributed by atoms with Crippen LogP contribution < -0.4 is 15.8 Å². The summed E-state index contributed by atoms with van der Waals surface area (Å²) >= 11 is 0. The monoisotopic (exact) mass is 279 g/mol. The molecule has 7 nitrogen and oxygen atoms in total. The Hall–Kier alpha value is -2.15. The molecule has 1 aliphatic heterocycles. The van der Waals surface area contributed by atoms with Crippen LogP contribution >= 0.6 is 0 Å². The summed E-state index contributed by atoms with van der Waals surface area (Å²) in [7, 11) is 0. The quantitative estimate of drug-likeness (QED) is 0.598. The van der Waals surface area contributed by atoms with Gasteiger partial charge in [0.15, 0.2) is 5.75 Å². The van der Waals surface area contributed by atoms with E-state index in [0.717, 1.165) is 32.0 Å². The number of amides is 1. The molecule has 0 bridgehead atoms. The summed E-state index contributed by atoms with van der Waals surface area (Å²) in [5, 5.41) is 14.2. The summed E-state index contributed by atoms with van der Waals surface area (Å²) < 4.78 is 5.47. The molecule has 1 unspecified atom stereocenters. The zero-order valence-electron chi connectivity index (χ0n) is 11.0. The van der Waals surface area contributed by atoms with Crippen molar-refractivity contribution >= 4 is 11.6 Å². The number of hydrogen-bond donors (Lipinski definition) is 2. The summed E-state index contributed by atoms with van der Waals surface area (Å²) in [5.41, 5.74) is 4.98. The normalized spacial score (nSPS) is 17.9. The third-order valence-corrected chi connectivity index (χ3v) is 3.39. The average molecular weight is 279 g/mol. The minimum Gasteiger partial charge on any atom is -0.487 e. The summed E-state index contributed by atoms with van der Waals surface area (Å²) in [5.74, 6) is 0.0292. The van der Waals surface area contributed by atoms with Crippen LogP contribution in [0.1, 0.15) is 23.2 Å². The number of carbonyl (C=O) groups is 1. The van der Waals surface area contributed by atoms with E-state index in [-0.39, 0.29) is 17.0 Å². The van der Waals surface area contributed by atoms with Crippen molar-refractivity contribution in [1.29, 1.82) is 0 Å². The molecule has 3 N–H and O–H groups in total. The Morgan fingerprint density at radius 3 is 2.95 bits per heavy atom. The fourth-order valence-corrected chi connectivity index (χ4v) is 2.23. The number of nitrogens with one attached hydrogen (secondary N) is 1. The number of ether oxygens (including phenoxy) is 1. The fourth-order valence-electron chi connectivity index (χ4n) is 2.23. The van der Waals surface area contributed by atoms with Gasteiger partial charge in [0, 0.05) is 11.6 Å². The van der Waals surface area contributed by atoms with E-state index in [0.29, 0.717) is 12.5 Å². The zero-order chi connectivity index (χ0) is 14.5. The molecule has 7 heteroatoms. The lowest BCUT2D eigenvalue weighted by atomic mass is 10.1. The lowest BCUT2D eigenvalue weighted by Crippen LogP contribution is -2.13. The number of benzene rings is 1. The molecule has 0 spiro atoms. The highest BCUT2D eigenvalue weighted by Gasteiger charge is 2.19. The summed E-state index contributed by atoms with van der Waals surface area (Å²) in [6.07, 6.45) is 1.95. The van der Waals surface area contributed by atoms with Crippen molar-refractivity contribution in [2.45, 2.75) is 12.8 Å². The number of hydrogen-bond acceptors (Lipinski definition) is 5. The molecule has 0 aromatic heterocycles.